The molecule has 5 nitrogen and oxygen atoms in total. The summed E-state index contributed by atoms with van der Waals surface area (Å²) in [5, 5.41) is 0. The van der Waals surface area contributed by atoms with Crippen LogP contribution in [0, 0.1) is 0 Å². The van der Waals surface area contributed by atoms with Gasteiger partial charge in [0, 0.05) is 10.6 Å². The number of carbonyl (C=O) groups is 1. The second-order valence-electron chi connectivity index (χ2n) is 5.25. The molecule has 0 amide bonds. The average molecular weight is 419 g/mol. The van der Waals surface area contributed by atoms with E-state index in [2.05, 4.69) is 4.72 Å². The number of sulfonamides is 1. The summed E-state index contributed by atoms with van der Waals surface area (Å²) in [7, 11) is -2.43. The van der Waals surface area contributed by atoms with Crippen LogP contribution in [0.4, 0.5) is 13.2 Å². The fourth-order valence-electron chi connectivity index (χ4n) is 2.05. The van der Waals surface area contributed by atoms with Crippen molar-refractivity contribution in [1.29, 1.82) is 0 Å². The topological polar surface area (TPSA) is 72.5 Å². The molecule has 0 aliphatic carbocycles. The Morgan fingerprint density at radius 1 is 1.15 bits per heavy atom. The van der Waals surface area contributed by atoms with Crippen LogP contribution in [0.25, 0.3) is 0 Å². The Labute approximate surface area is 159 Å². The van der Waals surface area contributed by atoms with Gasteiger partial charge < -0.3 is 4.74 Å². The lowest BCUT2D eigenvalue weighted by Gasteiger charge is -2.09. The van der Waals surface area contributed by atoms with Crippen molar-refractivity contribution in [1.82, 2.24) is 4.72 Å². The Morgan fingerprint density at radius 2 is 1.85 bits per heavy atom. The van der Waals surface area contributed by atoms with Gasteiger partial charge >= 0.3 is 12.1 Å². The van der Waals surface area contributed by atoms with E-state index in [4.69, 9.17) is 4.74 Å². The van der Waals surface area contributed by atoms with Crippen LogP contribution >= 0.6 is 11.8 Å². The Balaban J connectivity index is 1.91. The second-order valence-corrected chi connectivity index (χ2v) is 8.30. The normalized spacial score (nSPS) is 12.0. The lowest BCUT2D eigenvalue weighted by Crippen LogP contribution is -2.19. The zero-order chi connectivity index (χ0) is 20.1. The molecule has 0 bridgehead atoms. The minimum atomic E-state index is -4.41. The van der Waals surface area contributed by atoms with E-state index in [9.17, 15) is 26.4 Å². The van der Waals surface area contributed by atoms with Crippen molar-refractivity contribution < 1.29 is 31.1 Å². The minimum Gasteiger partial charge on any atom is -0.461 e. The Morgan fingerprint density at radius 3 is 2.52 bits per heavy atom. The first-order valence-electron chi connectivity index (χ1n) is 7.64. The molecule has 2 aromatic carbocycles. The number of ether oxygens (including phenoxy) is 1. The molecule has 1 N–H and O–H groups in total. The standard InChI is InChI=1S/C17H16F3NO4S2/c1-21-27(23,24)15-7-2-4-12(10-15)16(22)25-8-9-26-14-6-3-5-13(11-14)17(18,19)20/h2-7,10-11,21H,8-9H2,1H3. The zero-order valence-corrected chi connectivity index (χ0v) is 15.7. The highest BCUT2D eigenvalue weighted by atomic mass is 32.2. The number of nitrogens with one attached hydrogen (secondary N) is 1. The molecule has 0 fully saturated rings. The van der Waals surface area contributed by atoms with Gasteiger partial charge in [-0.1, -0.05) is 12.1 Å². The van der Waals surface area contributed by atoms with Crippen LogP contribution in [-0.4, -0.2) is 33.8 Å². The molecule has 0 saturated carbocycles. The molecule has 10 heteroatoms. The van der Waals surface area contributed by atoms with Crippen LogP contribution in [0.15, 0.2) is 58.3 Å². The molecule has 0 atom stereocenters. The first kappa shape index (κ1) is 21.3. The van der Waals surface area contributed by atoms with E-state index in [1.165, 1.54) is 43.4 Å². The molecule has 0 aliphatic rings. The summed E-state index contributed by atoms with van der Waals surface area (Å²) < 4.78 is 68.7. The van der Waals surface area contributed by atoms with Gasteiger partial charge in [0.2, 0.25) is 10.0 Å². The summed E-state index contributed by atoms with van der Waals surface area (Å²) in [6, 6.07) is 10.2. The summed E-state index contributed by atoms with van der Waals surface area (Å²) in [5.74, 6) is -0.463. The number of carbonyl (C=O) groups excluding carboxylic acids is 1. The molecule has 0 spiro atoms. The SMILES string of the molecule is CNS(=O)(=O)c1cccc(C(=O)OCCSc2cccc(C(F)(F)F)c2)c1. The van der Waals surface area contributed by atoms with Crippen molar-refractivity contribution in [3.8, 4) is 0 Å². The quantitative estimate of drug-likeness (QED) is 0.422. The molecule has 0 unspecified atom stereocenters. The number of hydrogen-bond donors (Lipinski definition) is 1. The number of rotatable bonds is 7. The minimum absolute atomic E-state index is 0.0389. The summed E-state index contributed by atoms with van der Waals surface area (Å²) >= 11 is 1.12. The first-order chi connectivity index (χ1) is 12.6. The molecule has 0 heterocycles. The number of alkyl halides is 3. The van der Waals surface area contributed by atoms with Crippen LogP contribution in [0.3, 0.4) is 0 Å². The molecular weight excluding hydrogens is 403 g/mol. The molecular formula is C17H16F3NO4S2. The molecule has 27 heavy (non-hydrogen) atoms. The highest BCUT2D eigenvalue weighted by Crippen LogP contribution is 2.31. The predicted octanol–water partition coefficient (Wildman–Crippen LogP) is 3.56. The molecule has 0 radical (unpaired) electrons. The summed E-state index contributed by atoms with van der Waals surface area (Å²) in [5.41, 5.74) is -0.678. The lowest BCUT2D eigenvalue weighted by molar-refractivity contribution is -0.137. The van der Waals surface area contributed by atoms with Gasteiger partial charge in [-0.2, -0.15) is 13.2 Å². The maximum atomic E-state index is 12.7. The van der Waals surface area contributed by atoms with Crippen LogP contribution < -0.4 is 4.72 Å². The fraction of sp³-hybridized carbons (Fsp3) is 0.235. The molecule has 0 aliphatic heterocycles. The number of thioether (sulfide) groups is 1. The van der Waals surface area contributed by atoms with E-state index in [1.807, 2.05) is 0 Å². The van der Waals surface area contributed by atoms with Crippen molar-refractivity contribution >= 4 is 27.8 Å². The van der Waals surface area contributed by atoms with Crippen LogP contribution in [0.1, 0.15) is 15.9 Å². The van der Waals surface area contributed by atoms with Gasteiger partial charge in [-0.15, -0.1) is 11.8 Å². The van der Waals surface area contributed by atoms with Crippen LogP contribution in [-0.2, 0) is 20.9 Å². The Kier molecular flexibility index (Phi) is 6.90. The summed E-state index contributed by atoms with van der Waals surface area (Å²) in [4.78, 5) is 12.3. The van der Waals surface area contributed by atoms with E-state index >= 15 is 0 Å². The average Bonchev–Trinajstić information content (AvgIpc) is 2.64. The zero-order valence-electron chi connectivity index (χ0n) is 14.1. The van der Waals surface area contributed by atoms with E-state index in [0.29, 0.717) is 4.90 Å². The van der Waals surface area contributed by atoms with Crippen molar-refractivity contribution in [2.75, 3.05) is 19.4 Å². The van der Waals surface area contributed by atoms with E-state index in [0.717, 1.165) is 23.9 Å². The summed E-state index contributed by atoms with van der Waals surface area (Å²) in [6.45, 7) is -0.0389. The number of hydrogen-bond acceptors (Lipinski definition) is 5. The number of benzene rings is 2. The largest absolute Gasteiger partial charge is 0.461 e. The maximum Gasteiger partial charge on any atom is 0.416 e. The third kappa shape index (κ3) is 5.98. The van der Waals surface area contributed by atoms with Gasteiger partial charge in [-0.05, 0) is 43.4 Å². The smallest absolute Gasteiger partial charge is 0.416 e. The lowest BCUT2D eigenvalue weighted by atomic mass is 10.2. The predicted molar refractivity (Wildman–Crippen MR) is 95.1 cm³/mol. The van der Waals surface area contributed by atoms with Gasteiger partial charge in [0.05, 0.1) is 16.0 Å². The fourth-order valence-corrected chi connectivity index (χ4v) is 3.61. The highest BCUT2D eigenvalue weighted by molar-refractivity contribution is 7.99. The van der Waals surface area contributed by atoms with Crippen LogP contribution in [0.2, 0.25) is 0 Å². The molecule has 0 saturated heterocycles. The third-order valence-electron chi connectivity index (χ3n) is 3.40. The first-order valence-corrected chi connectivity index (χ1v) is 10.1. The van der Waals surface area contributed by atoms with Crippen molar-refractivity contribution in [3.63, 3.8) is 0 Å². The highest BCUT2D eigenvalue weighted by Gasteiger charge is 2.30. The molecule has 2 aromatic rings. The van der Waals surface area contributed by atoms with Crippen molar-refractivity contribution in [2.24, 2.45) is 0 Å². The van der Waals surface area contributed by atoms with Crippen molar-refractivity contribution in [2.45, 2.75) is 16.0 Å². The number of halogens is 3. The summed E-state index contributed by atoms with van der Waals surface area (Å²) in [6.07, 6.45) is -4.41. The van der Waals surface area contributed by atoms with Crippen LogP contribution in [0.5, 0.6) is 0 Å². The Hall–Kier alpha value is -2.04. The number of esters is 1. The monoisotopic (exact) mass is 419 g/mol. The van der Waals surface area contributed by atoms with Gasteiger partial charge in [0.25, 0.3) is 0 Å². The van der Waals surface area contributed by atoms with E-state index < -0.39 is 27.7 Å². The molecule has 2 rings (SSSR count). The van der Waals surface area contributed by atoms with Gasteiger partial charge in [-0.25, -0.2) is 17.9 Å². The molecule has 0 aromatic heterocycles. The molecule has 146 valence electrons. The van der Waals surface area contributed by atoms with E-state index in [-0.39, 0.29) is 22.8 Å². The third-order valence-corrected chi connectivity index (χ3v) is 5.77. The second kappa shape index (κ2) is 8.77. The Bertz CT molecular complexity index is 914. The van der Waals surface area contributed by atoms with Gasteiger partial charge in [-0.3, -0.25) is 0 Å². The van der Waals surface area contributed by atoms with Crippen molar-refractivity contribution in [3.05, 3.63) is 59.7 Å². The van der Waals surface area contributed by atoms with E-state index in [1.54, 1.807) is 0 Å². The van der Waals surface area contributed by atoms with Gasteiger partial charge in [0.1, 0.15) is 6.61 Å². The maximum absolute atomic E-state index is 12.7. The van der Waals surface area contributed by atoms with Gasteiger partial charge in [0.15, 0.2) is 0 Å².